The number of aromatic hydroxyl groups is 1. The van der Waals surface area contributed by atoms with Crippen molar-refractivity contribution in [3.63, 3.8) is 0 Å². The molecule has 0 aliphatic carbocycles. The van der Waals surface area contributed by atoms with Crippen LogP contribution >= 0.6 is 11.3 Å². The molecule has 0 bridgehead atoms. The number of hydrogen-bond acceptors (Lipinski definition) is 8. The summed E-state index contributed by atoms with van der Waals surface area (Å²) in [5.74, 6) is 3.11. The molecule has 3 heterocycles. The minimum Gasteiger partial charge on any atom is -0.493 e. The third-order valence-electron chi connectivity index (χ3n) is 6.94. The van der Waals surface area contributed by atoms with Gasteiger partial charge in [0.2, 0.25) is 16.6 Å². The number of nitrogens with zero attached hydrogens (tertiary/aromatic N) is 4. The maximum Gasteiger partial charge on any atom is 0.230 e. The quantitative estimate of drug-likeness (QED) is 0.363. The van der Waals surface area contributed by atoms with Gasteiger partial charge >= 0.3 is 0 Å². The lowest BCUT2D eigenvalue weighted by molar-refractivity contribution is 0.150. The number of thiazole rings is 1. The van der Waals surface area contributed by atoms with Gasteiger partial charge in [-0.25, -0.2) is 4.98 Å². The molecule has 0 radical (unpaired) electrons. The zero-order valence-electron chi connectivity index (χ0n) is 21.1. The van der Waals surface area contributed by atoms with E-state index in [1.165, 1.54) is 21.4 Å². The number of ether oxygens (including phenoxy) is 3. The predicted molar refractivity (Wildman–Crippen MR) is 140 cm³/mol. The molecule has 1 N–H and O–H groups in total. The van der Waals surface area contributed by atoms with E-state index < -0.39 is 0 Å². The number of rotatable bonds is 8. The fraction of sp³-hybridized carbons (Fsp3) is 0.407. The number of methoxy groups -OCH3 is 3. The van der Waals surface area contributed by atoms with Gasteiger partial charge in [0.25, 0.3) is 0 Å². The number of hydrogen-bond donors (Lipinski definition) is 1. The summed E-state index contributed by atoms with van der Waals surface area (Å²) >= 11 is 1.47. The molecule has 5 rings (SSSR count). The first-order chi connectivity index (χ1) is 17.5. The fourth-order valence-corrected chi connectivity index (χ4v) is 6.34. The topological polar surface area (TPSA) is 81.4 Å². The molecule has 9 heteroatoms. The van der Waals surface area contributed by atoms with Crippen molar-refractivity contribution in [1.82, 2.24) is 19.5 Å². The van der Waals surface area contributed by atoms with Crippen LogP contribution in [0.2, 0.25) is 0 Å². The van der Waals surface area contributed by atoms with Gasteiger partial charge in [0.1, 0.15) is 5.82 Å². The monoisotopic (exact) mass is 508 g/mol. The van der Waals surface area contributed by atoms with Gasteiger partial charge < -0.3 is 19.3 Å². The summed E-state index contributed by atoms with van der Waals surface area (Å²) in [6.45, 7) is 3.64. The Kier molecular flexibility index (Phi) is 7.02. The van der Waals surface area contributed by atoms with Gasteiger partial charge in [-0.2, -0.15) is 4.52 Å². The summed E-state index contributed by atoms with van der Waals surface area (Å²) in [7, 11) is 4.84. The van der Waals surface area contributed by atoms with Crippen LogP contribution in [0.4, 0.5) is 0 Å². The van der Waals surface area contributed by atoms with Crippen molar-refractivity contribution >= 4 is 16.3 Å². The molecule has 0 spiro atoms. The zero-order chi connectivity index (χ0) is 25.2. The van der Waals surface area contributed by atoms with Crippen molar-refractivity contribution in [3.05, 3.63) is 64.3 Å². The zero-order valence-corrected chi connectivity index (χ0v) is 21.9. The van der Waals surface area contributed by atoms with Gasteiger partial charge in [0, 0.05) is 0 Å². The van der Waals surface area contributed by atoms with Crippen LogP contribution in [-0.4, -0.2) is 59.0 Å². The van der Waals surface area contributed by atoms with E-state index in [-0.39, 0.29) is 11.9 Å². The van der Waals surface area contributed by atoms with Gasteiger partial charge in [0.05, 0.1) is 32.2 Å². The Labute approximate surface area is 215 Å². The molecule has 2 aromatic carbocycles. The summed E-state index contributed by atoms with van der Waals surface area (Å²) < 4.78 is 18.4. The second kappa shape index (κ2) is 10.4. The van der Waals surface area contributed by atoms with Gasteiger partial charge in [-0.05, 0) is 68.5 Å². The number of fused-ring (bicyclic) bond motifs is 1. The third kappa shape index (κ3) is 4.60. The van der Waals surface area contributed by atoms with E-state index in [0.29, 0.717) is 34.0 Å². The summed E-state index contributed by atoms with van der Waals surface area (Å²) in [6, 6.07) is 14.4. The van der Waals surface area contributed by atoms with Crippen molar-refractivity contribution in [2.24, 2.45) is 5.92 Å². The van der Waals surface area contributed by atoms with Crippen LogP contribution in [0.1, 0.15) is 40.7 Å². The number of benzene rings is 2. The molecule has 2 aromatic heterocycles. The number of aromatic nitrogens is 3. The second-order valence-corrected chi connectivity index (χ2v) is 10.2. The molecule has 8 nitrogen and oxygen atoms in total. The highest BCUT2D eigenvalue weighted by Crippen LogP contribution is 2.46. The van der Waals surface area contributed by atoms with Crippen molar-refractivity contribution in [1.29, 1.82) is 0 Å². The normalized spacial score (nSPS) is 15.8. The molecule has 0 unspecified atom stereocenters. The molecule has 0 amide bonds. The van der Waals surface area contributed by atoms with Crippen LogP contribution in [0.15, 0.2) is 42.5 Å². The lowest BCUT2D eigenvalue weighted by Gasteiger charge is -2.37. The average Bonchev–Trinajstić information content (AvgIpc) is 3.41. The van der Waals surface area contributed by atoms with Gasteiger partial charge in [-0.1, -0.05) is 41.7 Å². The minimum atomic E-state index is -0.204. The third-order valence-corrected chi connectivity index (χ3v) is 8.01. The molecule has 1 aliphatic heterocycles. The van der Waals surface area contributed by atoms with E-state index in [1.807, 2.05) is 19.1 Å². The van der Waals surface area contributed by atoms with E-state index in [4.69, 9.17) is 14.2 Å². The summed E-state index contributed by atoms with van der Waals surface area (Å²) in [6.07, 6.45) is 3.25. The Morgan fingerprint density at radius 2 is 1.69 bits per heavy atom. The molecule has 1 fully saturated rings. The number of piperidine rings is 1. The maximum atomic E-state index is 11.2. The SMILES string of the molecule is COc1cc([C@@H](c2sc3nc(C)nn3c2O)N2CCC(Cc3ccccc3)CC2)cc(OC)c1OC. The summed E-state index contributed by atoms with van der Waals surface area (Å²) in [5.41, 5.74) is 2.35. The number of likely N-dealkylation sites (tertiary alicyclic amines) is 1. The molecular formula is C27H32N4O4S. The standard InChI is InChI=1S/C27H32N4O4S/c1-17-28-27-31(29-17)26(32)25(36-27)23(20-15-21(33-2)24(35-4)22(16-20)34-3)30-12-10-19(11-13-30)14-18-8-6-5-7-9-18/h5-9,15-16,19,23,32H,10-14H2,1-4H3/t23-/m0/s1. The Morgan fingerprint density at radius 1 is 1.03 bits per heavy atom. The van der Waals surface area contributed by atoms with Gasteiger partial charge in [-0.15, -0.1) is 5.10 Å². The predicted octanol–water partition coefficient (Wildman–Crippen LogP) is 4.87. The molecule has 0 saturated carbocycles. The number of aryl methyl sites for hydroxylation is 1. The lowest BCUT2D eigenvalue weighted by atomic mass is 9.88. The first kappa shape index (κ1) is 24.4. The van der Waals surface area contributed by atoms with E-state index in [0.717, 1.165) is 42.8 Å². The highest BCUT2D eigenvalue weighted by atomic mass is 32.1. The Morgan fingerprint density at radius 3 is 2.28 bits per heavy atom. The first-order valence-corrected chi connectivity index (χ1v) is 13.0. The lowest BCUT2D eigenvalue weighted by Crippen LogP contribution is -2.37. The molecule has 36 heavy (non-hydrogen) atoms. The molecule has 1 aliphatic rings. The largest absolute Gasteiger partial charge is 0.493 e. The van der Waals surface area contributed by atoms with E-state index in [2.05, 4.69) is 45.3 Å². The Hall–Kier alpha value is -3.30. The fourth-order valence-electron chi connectivity index (χ4n) is 5.18. The Balaban J connectivity index is 1.51. The molecule has 190 valence electrons. The minimum absolute atomic E-state index is 0.126. The van der Waals surface area contributed by atoms with Crippen LogP contribution in [-0.2, 0) is 6.42 Å². The van der Waals surface area contributed by atoms with Crippen LogP contribution in [0, 0.1) is 12.8 Å². The molecular weight excluding hydrogens is 476 g/mol. The van der Waals surface area contributed by atoms with Crippen LogP contribution in [0.25, 0.3) is 4.96 Å². The van der Waals surface area contributed by atoms with Crippen LogP contribution in [0.3, 0.4) is 0 Å². The van der Waals surface area contributed by atoms with Crippen molar-refractivity contribution in [2.75, 3.05) is 34.4 Å². The summed E-state index contributed by atoms with van der Waals surface area (Å²) in [5, 5.41) is 15.6. The van der Waals surface area contributed by atoms with Crippen LogP contribution < -0.4 is 14.2 Å². The van der Waals surface area contributed by atoms with Crippen molar-refractivity contribution < 1.29 is 19.3 Å². The highest BCUT2D eigenvalue weighted by molar-refractivity contribution is 7.17. The van der Waals surface area contributed by atoms with E-state index in [1.54, 1.807) is 21.3 Å². The molecule has 4 aromatic rings. The van der Waals surface area contributed by atoms with E-state index >= 15 is 0 Å². The van der Waals surface area contributed by atoms with Gasteiger partial charge in [-0.3, -0.25) is 4.90 Å². The second-order valence-electron chi connectivity index (χ2n) is 9.17. The highest BCUT2D eigenvalue weighted by Gasteiger charge is 2.33. The summed E-state index contributed by atoms with van der Waals surface area (Å²) in [4.78, 5) is 8.41. The Bertz CT molecular complexity index is 1300. The maximum absolute atomic E-state index is 11.2. The van der Waals surface area contributed by atoms with Crippen molar-refractivity contribution in [2.45, 2.75) is 32.2 Å². The average molecular weight is 509 g/mol. The first-order valence-electron chi connectivity index (χ1n) is 12.1. The van der Waals surface area contributed by atoms with E-state index in [9.17, 15) is 5.11 Å². The molecule has 1 saturated heterocycles. The van der Waals surface area contributed by atoms with Gasteiger partial charge in [0.15, 0.2) is 11.5 Å². The molecule has 1 atom stereocenters. The smallest absolute Gasteiger partial charge is 0.230 e. The van der Waals surface area contributed by atoms with Crippen LogP contribution in [0.5, 0.6) is 23.1 Å². The van der Waals surface area contributed by atoms with Crippen molar-refractivity contribution in [3.8, 4) is 23.1 Å².